The Morgan fingerprint density at radius 2 is 1.76 bits per heavy atom. The van der Waals surface area contributed by atoms with Crippen LogP contribution in [0.15, 0.2) is 30.5 Å². The highest BCUT2D eigenvalue weighted by atomic mass is 33.1. The van der Waals surface area contributed by atoms with Crippen LogP contribution < -0.4 is 16.4 Å². The molecule has 9 nitrogen and oxygen atoms in total. The second kappa shape index (κ2) is 14.7. The summed E-state index contributed by atoms with van der Waals surface area (Å²) in [6.45, 7) is 7.10. The van der Waals surface area contributed by atoms with Crippen molar-refractivity contribution in [3.63, 3.8) is 0 Å². The molecule has 0 aliphatic rings. The molecule has 1 heterocycles. The first-order chi connectivity index (χ1) is 17.4. The number of nitrogens with two attached hydrogens (primary N) is 1. The fraction of sp³-hybridized carbons (Fsp3) is 0.577. The maximum Gasteiger partial charge on any atom is 0.326 e. The van der Waals surface area contributed by atoms with E-state index in [1.165, 1.54) is 10.8 Å². The van der Waals surface area contributed by atoms with E-state index in [4.69, 9.17) is 5.73 Å². The number of unbranched alkanes of at least 4 members (excludes halogenated alkanes) is 1. The number of benzene rings is 1. The van der Waals surface area contributed by atoms with E-state index < -0.39 is 35.9 Å². The van der Waals surface area contributed by atoms with Gasteiger partial charge >= 0.3 is 5.97 Å². The number of aromatic amines is 1. The fourth-order valence-electron chi connectivity index (χ4n) is 3.68. The van der Waals surface area contributed by atoms with Gasteiger partial charge < -0.3 is 31.4 Å². The van der Waals surface area contributed by atoms with Gasteiger partial charge in [-0.1, -0.05) is 60.6 Å². The lowest BCUT2D eigenvalue weighted by atomic mass is 10.0. The first-order valence-corrected chi connectivity index (χ1v) is 14.8. The molecule has 0 fully saturated rings. The largest absolute Gasteiger partial charge is 0.480 e. The number of rotatable bonds is 15. The van der Waals surface area contributed by atoms with E-state index >= 15 is 0 Å². The molecule has 206 valence electrons. The number of amides is 2. The molecule has 0 spiro atoms. The van der Waals surface area contributed by atoms with Gasteiger partial charge in [-0.05, 0) is 51.5 Å². The van der Waals surface area contributed by atoms with E-state index in [9.17, 15) is 19.5 Å². The highest BCUT2D eigenvalue weighted by Gasteiger charge is 2.28. The van der Waals surface area contributed by atoms with Crippen LogP contribution in [0, 0.1) is 0 Å². The number of carboxylic acids is 1. The van der Waals surface area contributed by atoms with E-state index in [0.717, 1.165) is 29.4 Å². The molecular formula is C26H41N5O4S2. The number of nitrogens with zero attached hydrogens (tertiary/aromatic N) is 1. The normalized spacial score (nSPS) is 14.4. The van der Waals surface area contributed by atoms with Gasteiger partial charge in [-0.3, -0.25) is 9.59 Å². The zero-order chi connectivity index (χ0) is 27.6. The zero-order valence-corrected chi connectivity index (χ0v) is 24.0. The molecular weight excluding hydrogens is 510 g/mol. The van der Waals surface area contributed by atoms with Crippen molar-refractivity contribution in [3.05, 3.63) is 36.0 Å². The van der Waals surface area contributed by atoms with Crippen LogP contribution >= 0.6 is 21.6 Å². The molecule has 3 atom stereocenters. The van der Waals surface area contributed by atoms with Crippen molar-refractivity contribution in [3.8, 4) is 0 Å². The van der Waals surface area contributed by atoms with Crippen LogP contribution in [0.5, 0.6) is 0 Å². The van der Waals surface area contributed by atoms with Gasteiger partial charge in [-0.15, -0.1) is 0 Å². The summed E-state index contributed by atoms with van der Waals surface area (Å²) in [5.74, 6) is -1.67. The van der Waals surface area contributed by atoms with Gasteiger partial charge in [0, 0.05) is 34.0 Å². The molecule has 0 radical (unpaired) electrons. The highest BCUT2D eigenvalue weighted by molar-refractivity contribution is 8.77. The van der Waals surface area contributed by atoms with Gasteiger partial charge in [0.1, 0.15) is 12.1 Å². The summed E-state index contributed by atoms with van der Waals surface area (Å²) >= 11 is 0. The van der Waals surface area contributed by atoms with Crippen molar-refractivity contribution < 1.29 is 19.5 Å². The summed E-state index contributed by atoms with van der Waals surface area (Å²) < 4.78 is 0.0341. The molecule has 11 heteroatoms. The van der Waals surface area contributed by atoms with Gasteiger partial charge in [0.15, 0.2) is 0 Å². The van der Waals surface area contributed by atoms with Crippen LogP contribution in [0.3, 0.4) is 0 Å². The number of hydrogen-bond acceptors (Lipinski definition) is 7. The average Bonchev–Trinajstić information content (AvgIpc) is 3.22. The van der Waals surface area contributed by atoms with Gasteiger partial charge in [0.25, 0.3) is 0 Å². The van der Waals surface area contributed by atoms with Crippen molar-refractivity contribution in [2.24, 2.45) is 5.73 Å². The molecule has 0 aliphatic heterocycles. The Bertz CT molecular complexity index is 1040. The number of aromatic nitrogens is 1. The average molecular weight is 552 g/mol. The lowest BCUT2D eigenvalue weighted by Crippen LogP contribution is -2.55. The maximum absolute atomic E-state index is 13.2. The summed E-state index contributed by atoms with van der Waals surface area (Å²) in [6, 6.07) is 4.81. The molecule has 0 aliphatic carbocycles. The Morgan fingerprint density at radius 3 is 2.41 bits per heavy atom. The topological polar surface area (TPSA) is 141 Å². The number of hydrogen-bond donors (Lipinski definition) is 5. The van der Waals surface area contributed by atoms with Crippen LogP contribution in [-0.2, 0) is 20.8 Å². The predicted octanol–water partition coefficient (Wildman–Crippen LogP) is 3.00. The van der Waals surface area contributed by atoms with E-state index in [2.05, 4.69) is 41.3 Å². The van der Waals surface area contributed by atoms with Gasteiger partial charge in [-0.2, -0.15) is 0 Å². The number of carbonyl (C=O) groups excluding carboxylic acids is 2. The standard InChI is InChI=1S/C26H41N5O4S2/c1-26(2,3)37-36-16-19(27)23(32)29-21(12-8-9-13-31(4)5)24(33)30-22(25(34)35)14-17-15-28-20-11-7-6-10-18(17)20/h6-7,10-11,15,19,21-22,28H,8-9,12-14,16,27H2,1-5H3,(H,29,32)(H,30,33)(H,34,35)/t19-,21-,22-/m0/s1. The smallest absolute Gasteiger partial charge is 0.326 e. The quantitative estimate of drug-likeness (QED) is 0.168. The number of carboxylic acid groups (broad SMARTS) is 1. The molecule has 0 saturated carbocycles. The van der Waals surface area contributed by atoms with E-state index in [1.54, 1.807) is 17.0 Å². The summed E-state index contributed by atoms with van der Waals surface area (Å²) in [4.78, 5) is 43.3. The fourth-order valence-corrected chi connectivity index (χ4v) is 6.10. The van der Waals surface area contributed by atoms with Crippen LogP contribution in [-0.4, -0.2) is 82.0 Å². The summed E-state index contributed by atoms with van der Waals surface area (Å²) in [5, 5.41) is 16.2. The molecule has 0 unspecified atom stereocenters. The van der Waals surface area contributed by atoms with Gasteiger partial charge in [0.05, 0.1) is 6.04 Å². The lowest BCUT2D eigenvalue weighted by Gasteiger charge is -2.23. The Kier molecular flexibility index (Phi) is 12.3. The molecule has 0 bridgehead atoms. The monoisotopic (exact) mass is 551 g/mol. The molecule has 2 amide bonds. The minimum absolute atomic E-state index is 0.0341. The van der Waals surface area contributed by atoms with Crippen molar-refractivity contribution in [2.45, 2.75) is 69.3 Å². The number of H-pyrrole nitrogens is 1. The number of fused-ring (bicyclic) bond motifs is 1. The van der Waals surface area contributed by atoms with E-state index in [-0.39, 0.29) is 11.2 Å². The third-order valence-electron chi connectivity index (χ3n) is 5.59. The number of carbonyl (C=O) groups is 3. The Morgan fingerprint density at radius 1 is 1.08 bits per heavy atom. The summed E-state index contributed by atoms with van der Waals surface area (Å²) in [6.07, 6.45) is 3.81. The van der Waals surface area contributed by atoms with E-state index in [0.29, 0.717) is 18.6 Å². The summed E-state index contributed by atoms with van der Waals surface area (Å²) in [7, 11) is 7.11. The number of nitrogens with one attached hydrogen (secondary N) is 3. The van der Waals surface area contributed by atoms with Crippen molar-refractivity contribution in [1.82, 2.24) is 20.5 Å². The molecule has 2 aromatic rings. The van der Waals surface area contributed by atoms with Crippen LogP contribution in [0.25, 0.3) is 10.9 Å². The molecule has 2 rings (SSSR count). The van der Waals surface area contributed by atoms with Gasteiger partial charge in [-0.25, -0.2) is 4.79 Å². The van der Waals surface area contributed by atoms with Crippen LogP contribution in [0.4, 0.5) is 0 Å². The van der Waals surface area contributed by atoms with Crippen molar-refractivity contribution >= 4 is 50.3 Å². The molecule has 1 aromatic heterocycles. The third-order valence-corrected chi connectivity index (χ3v) is 8.96. The number of para-hydroxylation sites is 1. The first-order valence-electron chi connectivity index (χ1n) is 12.5. The third kappa shape index (κ3) is 11.0. The Hall–Kier alpha value is -2.21. The molecule has 37 heavy (non-hydrogen) atoms. The predicted molar refractivity (Wildman–Crippen MR) is 154 cm³/mol. The van der Waals surface area contributed by atoms with E-state index in [1.807, 2.05) is 38.4 Å². The first kappa shape index (κ1) is 31.0. The van der Waals surface area contributed by atoms with Crippen molar-refractivity contribution in [1.29, 1.82) is 0 Å². The van der Waals surface area contributed by atoms with Crippen molar-refractivity contribution in [2.75, 3.05) is 26.4 Å². The second-order valence-corrected chi connectivity index (χ2v) is 13.6. The molecule has 6 N–H and O–H groups in total. The second-order valence-electron chi connectivity index (χ2n) is 10.4. The number of aliphatic carboxylic acids is 1. The minimum Gasteiger partial charge on any atom is -0.480 e. The zero-order valence-electron chi connectivity index (χ0n) is 22.4. The maximum atomic E-state index is 13.2. The van der Waals surface area contributed by atoms with Gasteiger partial charge in [0.2, 0.25) is 11.8 Å². The SMILES string of the molecule is CN(C)CCCC[C@H](NC(=O)[C@@H](N)CSSC(C)(C)C)C(=O)N[C@@H](Cc1c[nH]c2ccccc12)C(=O)O. The van der Waals surface area contributed by atoms with Crippen LogP contribution in [0.1, 0.15) is 45.6 Å². The molecule has 0 saturated heterocycles. The summed E-state index contributed by atoms with van der Waals surface area (Å²) in [5.41, 5.74) is 7.80. The van der Waals surface area contributed by atoms with Crippen LogP contribution in [0.2, 0.25) is 0 Å². The lowest BCUT2D eigenvalue weighted by molar-refractivity contribution is -0.142. The Labute approximate surface area is 227 Å². The highest BCUT2D eigenvalue weighted by Crippen LogP contribution is 2.35. The molecule has 1 aromatic carbocycles. The minimum atomic E-state index is -1.14. The Balaban J connectivity index is 2.07.